The van der Waals surface area contributed by atoms with Crippen molar-refractivity contribution in [3.05, 3.63) is 99.0 Å². The van der Waals surface area contributed by atoms with E-state index in [0.29, 0.717) is 63.0 Å². The molecule has 2 amide bonds. The number of aryl methyl sites for hydroxylation is 5. The van der Waals surface area contributed by atoms with Crippen LogP contribution in [-0.4, -0.2) is 37.0 Å². The van der Waals surface area contributed by atoms with E-state index in [1.54, 1.807) is 19.2 Å². The molecule has 1 unspecified atom stereocenters. The fraction of sp³-hybridized carbons (Fsp3) is 0.324. The number of hydrogen-bond acceptors (Lipinski definition) is 9. The maximum Gasteiger partial charge on any atom is 0.261 e. The average Bonchev–Trinajstić information content (AvgIpc) is 3.76. The Morgan fingerprint density at radius 1 is 1.04 bits per heavy atom. The van der Waals surface area contributed by atoms with Gasteiger partial charge in [-0.05, 0) is 80.3 Å². The predicted octanol–water partition coefficient (Wildman–Crippen LogP) is 5.77. The summed E-state index contributed by atoms with van der Waals surface area (Å²) in [7, 11) is 0. The Balaban J connectivity index is 1.45. The molecule has 3 N–H and O–H groups in total. The van der Waals surface area contributed by atoms with Crippen LogP contribution in [0.2, 0.25) is 0 Å². The SMILES string of the molecule is Cc1ccc(CCc2nc(CC(C)C)c(C(N)=O)c(-c3ccc(C(=O)NC4CCc5ncccc54)s3)c2-c2nnc(C)o2)nc1. The fourth-order valence-electron chi connectivity index (χ4n) is 5.82. The molecule has 0 fully saturated rings. The molecule has 6 rings (SSSR count). The molecule has 0 saturated carbocycles. The molecule has 5 aromatic rings. The molecule has 0 aromatic carbocycles. The highest BCUT2D eigenvalue weighted by Gasteiger charge is 2.30. The summed E-state index contributed by atoms with van der Waals surface area (Å²) in [4.78, 5) is 42.0. The summed E-state index contributed by atoms with van der Waals surface area (Å²) in [6, 6.07) is 11.5. The first-order valence-electron chi connectivity index (χ1n) is 15.1. The highest BCUT2D eigenvalue weighted by molar-refractivity contribution is 7.17. The molecule has 0 radical (unpaired) electrons. The van der Waals surface area contributed by atoms with Gasteiger partial charge >= 0.3 is 0 Å². The lowest BCUT2D eigenvalue weighted by molar-refractivity contribution is 0.0939. The van der Waals surface area contributed by atoms with Gasteiger partial charge in [-0.1, -0.05) is 26.0 Å². The highest BCUT2D eigenvalue weighted by Crippen LogP contribution is 2.42. The van der Waals surface area contributed by atoms with E-state index in [1.165, 1.54) is 11.3 Å². The van der Waals surface area contributed by atoms with Crippen molar-refractivity contribution < 1.29 is 14.0 Å². The molecule has 230 valence electrons. The molecule has 1 atom stereocenters. The number of primary amides is 1. The van der Waals surface area contributed by atoms with Crippen LogP contribution in [0.3, 0.4) is 0 Å². The number of hydrogen-bond donors (Lipinski definition) is 2. The summed E-state index contributed by atoms with van der Waals surface area (Å²) in [6.07, 6.45) is 6.90. The maximum absolute atomic E-state index is 13.5. The number of amides is 2. The number of carbonyl (C=O) groups is 2. The molecule has 10 nitrogen and oxygen atoms in total. The molecule has 0 bridgehead atoms. The smallest absolute Gasteiger partial charge is 0.261 e. The van der Waals surface area contributed by atoms with Crippen LogP contribution >= 0.6 is 11.3 Å². The van der Waals surface area contributed by atoms with Crippen molar-refractivity contribution in [3.8, 4) is 21.9 Å². The Bertz CT molecular complexity index is 1880. The van der Waals surface area contributed by atoms with E-state index in [9.17, 15) is 9.59 Å². The van der Waals surface area contributed by atoms with Gasteiger partial charge < -0.3 is 15.5 Å². The molecule has 5 aromatic heterocycles. The van der Waals surface area contributed by atoms with E-state index >= 15 is 0 Å². The zero-order valence-electron chi connectivity index (χ0n) is 25.8. The van der Waals surface area contributed by atoms with Gasteiger partial charge in [-0.25, -0.2) is 0 Å². The van der Waals surface area contributed by atoms with Crippen LogP contribution in [0.25, 0.3) is 21.9 Å². The van der Waals surface area contributed by atoms with Gasteiger partial charge in [0.1, 0.15) is 0 Å². The molecule has 0 aliphatic heterocycles. The van der Waals surface area contributed by atoms with E-state index in [-0.39, 0.29) is 23.8 Å². The van der Waals surface area contributed by atoms with Crippen molar-refractivity contribution in [3.63, 3.8) is 0 Å². The largest absolute Gasteiger partial charge is 0.421 e. The number of fused-ring (bicyclic) bond motifs is 1. The summed E-state index contributed by atoms with van der Waals surface area (Å²) >= 11 is 1.29. The van der Waals surface area contributed by atoms with Crippen molar-refractivity contribution >= 4 is 23.2 Å². The molecular weight excluding hydrogens is 586 g/mol. The topological polar surface area (TPSA) is 150 Å². The normalized spacial score (nSPS) is 14.1. The first-order chi connectivity index (χ1) is 21.7. The van der Waals surface area contributed by atoms with E-state index < -0.39 is 5.91 Å². The van der Waals surface area contributed by atoms with Crippen molar-refractivity contribution in [2.24, 2.45) is 11.7 Å². The molecule has 0 spiro atoms. The van der Waals surface area contributed by atoms with Gasteiger partial charge in [0.05, 0.1) is 33.4 Å². The molecule has 1 aliphatic carbocycles. The Kier molecular flexibility index (Phi) is 8.53. The summed E-state index contributed by atoms with van der Waals surface area (Å²) in [5.41, 5.74) is 12.9. The second kappa shape index (κ2) is 12.7. The number of nitrogens with zero attached hydrogens (tertiary/aromatic N) is 5. The Labute approximate surface area is 265 Å². The fourth-order valence-corrected chi connectivity index (χ4v) is 6.79. The Hall–Kier alpha value is -4.77. The Morgan fingerprint density at radius 3 is 2.60 bits per heavy atom. The van der Waals surface area contributed by atoms with Gasteiger partial charge in [0.25, 0.3) is 11.8 Å². The number of nitrogens with two attached hydrogens (primary N) is 1. The monoisotopic (exact) mass is 621 g/mol. The van der Waals surface area contributed by atoms with E-state index in [1.807, 2.05) is 43.5 Å². The molecule has 5 heterocycles. The quantitative estimate of drug-likeness (QED) is 0.200. The number of nitrogens with one attached hydrogen (secondary N) is 1. The number of thiophene rings is 1. The minimum absolute atomic E-state index is 0.106. The van der Waals surface area contributed by atoms with Crippen molar-refractivity contribution in [1.29, 1.82) is 0 Å². The minimum atomic E-state index is -0.605. The minimum Gasteiger partial charge on any atom is -0.421 e. The van der Waals surface area contributed by atoms with E-state index in [0.717, 1.165) is 35.4 Å². The summed E-state index contributed by atoms with van der Waals surface area (Å²) in [5.74, 6) is 0.0410. The summed E-state index contributed by atoms with van der Waals surface area (Å²) in [6.45, 7) is 7.86. The van der Waals surface area contributed by atoms with Gasteiger partial charge in [-0.15, -0.1) is 21.5 Å². The molecule has 11 heteroatoms. The standard InChI is InChI=1S/C34H35N7O3S/c1-18(2)16-26-29(32(35)42)31(27-13-14-28(45-27)33(43)39-24-12-11-23-22(24)6-5-15-36-23)30(34-41-40-20(4)44-34)25(38-26)10-9-21-8-7-19(3)17-37-21/h5-8,13-15,17-18,24H,9-12,16H2,1-4H3,(H2,35,42)(H,39,43). The number of carbonyl (C=O) groups excluding carboxylic acids is 2. The average molecular weight is 622 g/mol. The lowest BCUT2D eigenvalue weighted by Crippen LogP contribution is -2.26. The van der Waals surface area contributed by atoms with Crippen LogP contribution in [0.1, 0.15) is 86.1 Å². The second-order valence-corrected chi connectivity index (χ2v) is 12.9. The van der Waals surface area contributed by atoms with Crippen molar-refractivity contribution in [1.82, 2.24) is 30.5 Å². The third kappa shape index (κ3) is 6.39. The predicted molar refractivity (Wildman–Crippen MR) is 172 cm³/mol. The van der Waals surface area contributed by atoms with Crippen LogP contribution in [0.15, 0.2) is 53.2 Å². The number of rotatable bonds is 10. The van der Waals surface area contributed by atoms with Gasteiger partial charge in [0.15, 0.2) is 0 Å². The first-order valence-corrected chi connectivity index (χ1v) is 15.9. The van der Waals surface area contributed by atoms with Crippen LogP contribution in [0, 0.1) is 19.8 Å². The summed E-state index contributed by atoms with van der Waals surface area (Å²) < 4.78 is 5.96. The zero-order chi connectivity index (χ0) is 31.7. The van der Waals surface area contributed by atoms with E-state index in [4.69, 9.17) is 15.1 Å². The van der Waals surface area contributed by atoms with Gasteiger partial charge in [-0.3, -0.25) is 24.5 Å². The van der Waals surface area contributed by atoms with E-state index in [2.05, 4.69) is 39.3 Å². The van der Waals surface area contributed by atoms with Gasteiger partial charge in [0.2, 0.25) is 11.8 Å². The first kappa shape index (κ1) is 30.3. The highest BCUT2D eigenvalue weighted by atomic mass is 32.1. The number of pyridine rings is 3. The molecule has 1 aliphatic rings. The van der Waals surface area contributed by atoms with Crippen LogP contribution < -0.4 is 11.1 Å². The molecular formula is C34H35N7O3S. The Morgan fingerprint density at radius 2 is 1.89 bits per heavy atom. The van der Waals surface area contributed by atoms with Crippen LogP contribution in [0.5, 0.6) is 0 Å². The third-order valence-electron chi connectivity index (χ3n) is 7.88. The van der Waals surface area contributed by atoms with Crippen LogP contribution in [-0.2, 0) is 25.7 Å². The third-order valence-corrected chi connectivity index (χ3v) is 8.98. The number of aromatic nitrogens is 5. The van der Waals surface area contributed by atoms with Crippen molar-refractivity contribution in [2.75, 3.05) is 0 Å². The molecule has 45 heavy (non-hydrogen) atoms. The second-order valence-electron chi connectivity index (χ2n) is 11.8. The lowest BCUT2D eigenvalue weighted by atomic mass is 9.91. The van der Waals surface area contributed by atoms with Gasteiger partial charge in [-0.2, -0.15) is 0 Å². The maximum atomic E-state index is 13.5. The van der Waals surface area contributed by atoms with Crippen molar-refractivity contribution in [2.45, 2.75) is 65.8 Å². The zero-order valence-corrected chi connectivity index (χ0v) is 26.6. The lowest BCUT2D eigenvalue weighted by Gasteiger charge is -2.19. The van der Waals surface area contributed by atoms with Gasteiger partial charge in [0, 0.05) is 41.1 Å². The van der Waals surface area contributed by atoms with Crippen LogP contribution in [0.4, 0.5) is 0 Å². The molecule has 0 saturated heterocycles. The summed E-state index contributed by atoms with van der Waals surface area (Å²) in [5, 5.41) is 11.6.